The van der Waals surface area contributed by atoms with E-state index >= 15 is 0 Å². The Hall–Kier alpha value is -2.04. The molecule has 0 fully saturated rings. The van der Waals surface area contributed by atoms with E-state index in [1.807, 2.05) is 37.7 Å². The molecule has 0 amide bonds. The molecular formula is C12H19N3O2. The zero-order valence-electron chi connectivity index (χ0n) is 10.7. The Kier molecular flexibility index (Phi) is 6.40. The van der Waals surface area contributed by atoms with Crippen molar-refractivity contribution in [2.24, 2.45) is 5.73 Å². The second-order valence-electron chi connectivity index (χ2n) is 3.80. The molecule has 0 saturated carbocycles. The fraction of sp³-hybridized carbons (Fsp3) is 0.333. The van der Waals surface area contributed by atoms with Crippen LogP contribution in [0.2, 0.25) is 0 Å². The lowest BCUT2D eigenvalue weighted by Crippen LogP contribution is -2.36. The Bertz CT molecular complexity index is 382. The third kappa shape index (κ3) is 6.19. The summed E-state index contributed by atoms with van der Waals surface area (Å²) in [5, 5.41) is 10.1. The van der Waals surface area contributed by atoms with Gasteiger partial charge in [-0.05, 0) is 5.56 Å². The van der Waals surface area contributed by atoms with Crippen LogP contribution in [-0.2, 0) is 0 Å². The summed E-state index contributed by atoms with van der Waals surface area (Å²) in [6, 6.07) is 8.06. The van der Waals surface area contributed by atoms with Crippen LogP contribution in [0, 0.1) is 0 Å². The standard InChI is InChI=1S/C7H6O2.C5H13N3/c8-7(9)6-4-2-1-3-5-6;1-7(2)5(6)8(3)4/h1-5H,(H,8,9);6H,1-4H3. The van der Waals surface area contributed by atoms with Crippen molar-refractivity contribution in [3.8, 4) is 0 Å². The van der Waals surface area contributed by atoms with Gasteiger partial charge in [0.15, 0.2) is 0 Å². The van der Waals surface area contributed by atoms with E-state index in [-0.39, 0.29) is 5.56 Å². The SMILES string of the molecule is CN(C)C(N)=[N+](C)C.O=C([O-])c1ccccc1. The van der Waals surface area contributed by atoms with Gasteiger partial charge in [-0.3, -0.25) is 15.2 Å². The number of nitrogens with zero attached hydrogens (tertiary/aromatic N) is 2. The van der Waals surface area contributed by atoms with Crippen LogP contribution in [0.5, 0.6) is 0 Å². The zero-order chi connectivity index (χ0) is 13.4. The van der Waals surface area contributed by atoms with E-state index < -0.39 is 5.97 Å². The van der Waals surface area contributed by atoms with Crippen LogP contribution in [0.15, 0.2) is 30.3 Å². The molecular weight excluding hydrogens is 218 g/mol. The molecule has 5 heteroatoms. The summed E-state index contributed by atoms with van der Waals surface area (Å²) in [5.41, 5.74) is 5.75. The number of hydrogen-bond donors (Lipinski definition) is 1. The van der Waals surface area contributed by atoms with Crippen LogP contribution in [0.3, 0.4) is 0 Å². The maximum atomic E-state index is 10.1. The number of guanidine groups is 1. The first-order chi connectivity index (χ1) is 7.86. The van der Waals surface area contributed by atoms with Gasteiger partial charge in [0.25, 0.3) is 0 Å². The minimum absolute atomic E-state index is 0.220. The number of carboxylic acids is 1. The quantitative estimate of drug-likeness (QED) is 0.394. The molecule has 0 spiro atoms. The highest BCUT2D eigenvalue weighted by Gasteiger charge is 2.00. The molecule has 0 aliphatic carbocycles. The van der Waals surface area contributed by atoms with Gasteiger partial charge in [0.2, 0.25) is 0 Å². The number of nitrogens with two attached hydrogens (primary N) is 1. The first kappa shape index (κ1) is 15.0. The zero-order valence-corrected chi connectivity index (χ0v) is 10.7. The molecule has 17 heavy (non-hydrogen) atoms. The Labute approximate surface area is 102 Å². The number of benzene rings is 1. The lowest BCUT2D eigenvalue weighted by molar-refractivity contribution is -0.470. The molecule has 1 aromatic rings. The first-order valence-corrected chi connectivity index (χ1v) is 5.09. The molecule has 0 radical (unpaired) electrons. The summed E-state index contributed by atoms with van der Waals surface area (Å²) >= 11 is 0. The van der Waals surface area contributed by atoms with Crippen molar-refractivity contribution in [2.75, 3.05) is 28.2 Å². The number of hydrogen-bond acceptors (Lipinski definition) is 2. The monoisotopic (exact) mass is 237 g/mol. The van der Waals surface area contributed by atoms with Gasteiger partial charge in [0, 0.05) is 0 Å². The number of carbonyl (C=O) groups excluding carboxylic acids is 1. The Morgan fingerprint density at radius 1 is 1.24 bits per heavy atom. The fourth-order valence-electron chi connectivity index (χ4n) is 0.974. The second-order valence-corrected chi connectivity index (χ2v) is 3.80. The van der Waals surface area contributed by atoms with Crippen molar-refractivity contribution in [3.63, 3.8) is 0 Å². The molecule has 0 atom stereocenters. The number of carboxylic acid groups (broad SMARTS) is 1. The van der Waals surface area contributed by atoms with Gasteiger partial charge in [-0.1, -0.05) is 30.3 Å². The topological polar surface area (TPSA) is 72.4 Å². The fourth-order valence-corrected chi connectivity index (χ4v) is 0.974. The molecule has 5 nitrogen and oxygen atoms in total. The van der Waals surface area contributed by atoms with Crippen LogP contribution in [0.25, 0.3) is 0 Å². The van der Waals surface area contributed by atoms with E-state index in [1.54, 1.807) is 18.2 Å². The van der Waals surface area contributed by atoms with E-state index in [1.165, 1.54) is 12.1 Å². The van der Waals surface area contributed by atoms with Crippen molar-refractivity contribution in [1.29, 1.82) is 0 Å². The largest absolute Gasteiger partial charge is 0.545 e. The smallest absolute Gasteiger partial charge is 0.344 e. The lowest BCUT2D eigenvalue weighted by Gasteiger charge is -2.04. The summed E-state index contributed by atoms with van der Waals surface area (Å²) in [7, 11) is 7.65. The van der Waals surface area contributed by atoms with Crippen LogP contribution in [0.1, 0.15) is 10.4 Å². The van der Waals surface area contributed by atoms with Gasteiger partial charge >= 0.3 is 5.96 Å². The van der Waals surface area contributed by atoms with E-state index in [4.69, 9.17) is 5.73 Å². The predicted octanol–water partition coefficient (Wildman–Crippen LogP) is -0.815. The predicted molar refractivity (Wildman–Crippen MR) is 65.8 cm³/mol. The molecule has 1 rings (SSSR count). The molecule has 0 saturated heterocycles. The average Bonchev–Trinajstić information content (AvgIpc) is 2.29. The molecule has 0 aliphatic rings. The second kappa shape index (κ2) is 7.27. The van der Waals surface area contributed by atoms with Gasteiger partial charge in [-0.25, -0.2) is 0 Å². The average molecular weight is 237 g/mol. The maximum Gasteiger partial charge on any atom is 0.344 e. The summed E-state index contributed by atoms with van der Waals surface area (Å²) in [6.07, 6.45) is 0. The van der Waals surface area contributed by atoms with Gasteiger partial charge in [-0.2, -0.15) is 0 Å². The third-order valence-corrected chi connectivity index (χ3v) is 1.93. The summed E-state index contributed by atoms with van der Waals surface area (Å²) in [6.45, 7) is 0. The van der Waals surface area contributed by atoms with Gasteiger partial charge in [0.1, 0.15) is 0 Å². The molecule has 0 unspecified atom stereocenters. The van der Waals surface area contributed by atoms with Gasteiger partial charge < -0.3 is 9.90 Å². The molecule has 1 aromatic carbocycles. The van der Waals surface area contributed by atoms with Crippen molar-refractivity contribution in [3.05, 3.63) is 35.9 Å². The van der Waals surface area contributed by atoms with Crippen LogP contribution in [0.4, 0.5) is 0 Å². The van der Waals surface area contributed by atoms with Crippen LogP contribution < -0.4 is 10.8 Å². The van der Waals surface area contributed by atoms with E-state index in [0.717, 1.165) is 5.96 Å². The highest BCUT2D eigenvalue weighted by atomic mass is 16.4. The first-order valence-electron chi connectivity index (χ1n) is 5.09. The molecule has 0 bridgehead atoms. The number of carbonyl (C=O) groups is 1. The normalized spacial score (nSPS) is 8.71. The van der Waals surface area contributed by atoms with Crippen molar-refractivity contribution < 1.29 is 14.5 Å². The maximum absolute atomic E-state index is 10.1. The summed E-state index contributed by atoms with van der Waals surface area (Å²) < 4.78 is 1.86. The van der Waals surface area contributed by atoms with Crippen molar-refractivity contribution in [2.45, 2.75) is 0 Å². The summed E-state index contributed by atoms with van der Waals surface area (Å²) in [4.78, 5) is 12.0. The van der Waals surface area contributed by atoms with Gasteiger partial charge in [-0.15, -0.1) is 0 Å². The minimum Gasteiger partial charge on any atom is -0.545 e. The van der Waals surface area contributed by atoms with Crippen molar-refractivity contribution >= 4 is 11.9 Å². The number of rotatable bonds is 1. The summed E-state index contributed by atoms with van der Waals surface area (Å²) in [5.74, 6) is -0.361. The Morgan fingerprint density at radius 2 is 1.71 bits per heavy atom. The van der Waals surface area contributed by atoms with Gasteiger partial charge in [0.05, 0.1) is 34.2 Å². The van der Waals surface area contributed by atoms with Crippen LogP contribution >= 0.6 is 0 Å². The van der Waals surface area contributed by atoms with E-state index in [2.05, 4.69) is 0 Å². The third-order valence-electron chi connectivity index (χ3n) is 1.93. The van der Waals surface area contributed by atoms with E-state index in [0.29, 0.717) is 0 Å². The molecule has 0 aliphatic heterocycles. The minimum atomic E-state index is -1.13. The molecule has 0 heterocycles. The highest BCUT2D eigenvalue weighted by molar-refractivity contribution is 5.85. The van der Waals surface area contributed by atoms with E-state index in [9.17, 15) is 9.90 Å². The highest BCUT2D eigenvalue weighted by Crippen LogP contribution is 1.94. The lowest BCUT2D eigenvalue weighted by atomic mass is 10.2. The molecule has 2 N–H and O–H groups in total. The molecule has 0 aromatic heterocycles. The molecule has 94 valence electrons. The Morgan fingerprint density at radius 3 is 1.88 bits per heavy atom. The number of aromatic carboxylic acids is 1. The Balaban J connectivity index is 0.000000304. The van der Waals surface area contributed by atoms with Crippen LogP contribution in [-0.4, -0.2) is 49.6 Å². The van der Waals surface area contributed by atoms with Crippen molar-refractivity contribution in [1.82, 2.24) is 4.90 Å².